The molecule has 1 aromatic heterocycles. The number of amides is 1. The van der Waals surface area contributed by atoms with Crippen LogP contribution in [0, 0.1) is 0 Å². The third-order valence-electron chi connectivity index (χ3n) is 3.74. The van der Waals surface area contributed by atoms with E-state index in [9.17, 15) is 4.79 Å². The first-order valence-corrected chi connectivity index (χ1v) is 7.01. The van der Waals surface area contributed by atoms with E-state index in [2.05, 4.69) is 11.5 Å². The van der Waals surface area contributed by atoms with Gasteiger partial charge in [-0.05, 0) is 42.5 Å². The van der Waals surface area contributed by atoms with Crippen molar-refractivity contribution in [3.05, 3.63) is 53.9 Å². The molecule has 3 rings (SSSR count). The number of anilines is 1. The van der Waals surface area contributed by atoms with Gasteiger partial charge in [-0.1, -0.05) is 18.2 Å². The zero-order valence-electron chi connectivity index (χ0n) is 11.4. The maximum Gasteiger partial charge on any atom is 0.244 e. The highest BCUT2D eigenvalue weighted by Gasteiger charge is 2.19. The molecule has 1 aromatic carbocycles. The largest absolute Gasteiger partial charge is 0.344 e. The summed E-state index contributed by atoms with van der Waals surface area (Å²) in [5.74, 6) is -0.0166. The summed E-state index contributed by atoms with van der Waals surface area (Å²) in [4.78, 5) is 12.0. The Labute approximate surface area is 118 Å². The van der Waals surface area contributed by atoms with Gasteiger partial charge >= 0.3 is 0 Å². The number of aromatic nitrogens is 1. The molecule has 2 aromatic rings. The molecule has 1 unspecified atom stereocenters. The second kappa shape index (κ2) is 5.51. The number of para-hydroxylation sites is 1. The number of fused-ring (bicyclic) bond motifs is 1. The molecule has 0 fully saturated rings. The van der Waals surface area contributed by atoms with E-state index in [0.29, 0.717) is 6.54 Å². The summed E-state index contributed by atoms with van der Waals surface area (Å²) in [5, 5.41) is 2.89. The quantitative estimate of drug-likeness (QED) is 0.899. The summed E-state index contributed by atoms with van der Waals surface area (Å²) in [7, 11) is 0. The van der Waals surface area contributed by atoms with E-state index in [-0.39, 0.29) is 11.9 Å². The van der Waals surface area contributed by atoms with Crippen molar-refractivity contribution < 1.29 is 4.79 Å². The van der Waals surface area contributed by atoms with Crippen molar-refractivity contribution in [1.82, 2.24) is 4.57 Å². The van der Waals surface area contributed by atoms with Crippen molar-refractivity contribution in [3.63, 3.8) is 0 Å². The Kier molecular flexibility index (Phi) is 3.56. The van der Waals surface area contributed by atoms with Crippen LogP contribution in [0.25, 0.3) is 0 Å². The highest BCUT2D eigenvalue weighted by molar-refractivity contribution is 5.90. The van der Waals surface area contributed by atoms with E-state index in [4.69, 9.17) is 5.73 Å². The number of nitrogens with two attached hydrogens (primary N) is 1. The molecule has 1 atom stereocenters. The van der Waals surface area contributed by atoms with Crippen LogP contribution in [-0.2, 0) is 17.8 Å². The van der Waals surface area contributed by atoms with Crippen LogP contribution in [0.1, 0.15) is 30.0 Å². The normalized spacial score (nSPS) is 17.6. The van der Waals surface area contributed by atoms with Gasteiger partial charge in [-0.15, -0.1) is 0 Å². The Morgan fingerprint density at radius 3 is 2.85 bits per heavy atom. The van der Waals surface area contributed by atoms with Gasteiger partial charge in [0.15, 0.2) is 0 Å². The zero-order chi connectivity index (χ0) is 13.9. The third-order valence-corrected chi connectivity index (χ3v) is 3.74. The van der Waals surface area contributed by atoms with Crippen molar-refractivity contribution in [3.8, 4) is 0 Å². The molecule has 4 nitrogen and oxygen atoms in total. The molecular weight excluding hydrogens is 250 g/mol. The molecule has 1 aliphatic carbocycles. The van der Waals surface area contributed by atoms with Gasteiger partial charge in [0.25, 0.3) is 0 Å². The Balaban J connectivity index is 1.67. The van der Waals surface area contributed by atoms with Gasteiger partial charge in [-0.2, -0.15) is 0 Å². The summed E-state index contributed by atoms with van der Waals surface area (Å²) in [6, 6.07) is 9.63. The highest BCUT2D eigenvalue weighted by Crippen LogP contribution is 2.28. The van der Waals surface area contributed by atoms with Crippen LogP contribution < -0.4 is 11.1 Å². The van der Waals surface area contributed by atoms with Gasteiger partial charge in [-0.3, -0.25) is 4.79 Å². The summed E-state index contributed by atoms with van der Waals surface area (Å²) in [6.45, 7) is 0.328. The lowest BCUT2D eigenvalue weighted by Crippen LogP contribution is -2.18. The number of hydrogen-bond donors (Lipinski definition) is 2. The van der Waals surface area contributed by atoms with E-state index < -0.39 is 0 Å². The smallest absolute Gasteiger partial charge is 0.244 e. The monoisotopic (exact) mass is 269 g/mol. The minimum atomic E-state index is -0.0166. The Morgan fingerprint density at radius 1 is 1.30 bits per heavy atom. The van der Waals surface area contributed by atoms with Gasteiger partial charge in [-0.25, -0.2) is 0 Å². The van der Waals surface area contributed by atoms with E-state index in [1.165, 1.54) is 11.1 Å². The fraction of sp³-hybridized carbons (Fsp3) is 0.312. The molecule has 1 aliphatic rings. The fourth-order valence-corrected chi connectivity index (χ4v) is 2.76. The molecule has 0 bridgehead atoms. The fourth-order valence-electron chi connectivity index (χ4n) is 2.76. The van der Waals surface area contributed by atoms with Gasteiger partial charge < -0.3 is 15.6 Å². The van der Waals surface area contributed by atoms with Crippen LogP contribution in [0.15, 0.2) is 42.7 Å². The standard InChI is InChI=1S/C16H19N3O/c17-15-8-4-5-12-9-19(10-14(12)15)11-16(20)18-13-6-2-1-3-7-13/h1-3,6-7,9-10,15H,4-5,8,11,17H2,(H,18,20). The molecule has 4 heteroatoms. The lowest BCUT2D eigenvalue weighted by molar-refractivity contribution is -0.116. The lowest BCUT2D eigenvalue weighted by Gasteiger charge is -2.17. The van der Waals surface area contributed by atoms with Crippen LogP contribution in [0.3, 0.4) is 0 Å². The van der Waals surface area contributed by atoms with Gasteiger partial charge in [0.1, 0.15) is 6.54 Å². The van der Waals surface area contributed by atoms with Crippen LogP contribution in [0.5, 0.6) is 0 Å². The predicted octanol–water partition coefficient (Wildman–Crippen LogP) is 2.46. The summed E-state index contributed by atoms with van der Waals surface area (Å²) in [5.41, 5.74) is 9.41. The SMILES string of the molecule is NC1CCCc2cn(CC(=O)Nc3ccccc3)cc21. The zero-order valence-corrected chi connectivity index (χ0v) is 11.4. The molecule has 104 valence electrons. The lowest BCUT2D eigenvalue weighted by atomic mass is 9.92. The highest BCUT2D eigenvalue weighted by atomic mass is 16.1. The number of nitrogens with zero attached hydrogens (tertiary/aromatic N) is 1. The van der Waals surface area contributed by atoms with Crippen LogP contribution in [0.4, 0.5) is 5.69 Å². The van der Waals surface area contributed by atoms with Crippen LogP contribution in [-0.4, -0.2) is 10.5 Å². The average molecular weight is 269 g/mol. The molecule has 0 saturated carbocycles. The molecule has 20 heavy (non-hydrogen) atoms. The maximum absolute atomic E-state index is 12.0. The van der Waals surface area contributed by atoms with Gasteiger partial charge in [0, 0.05) is 24.1 Å². The van der Waals surface area contributed by atoms with Crippen molar-refractivity contribution in [2.24, 2.45) is 5.73 Å². The van der Waals surface area contributed by atoms with Crippen molar-refractivity contribution >= 4 is 11.6 Å². The topological polar surface area (TPSA) is 60.0 Å². The number of carbonyl (C=O) groups is 1. The molecular formula is C16H19N3O. The molecule has 1 heterocycles. The minimum Gasteiger partial charge on any atom is -0.344 e. The van der Waals surface area contributed by atoms with Crippen molar-refractivity contribution in [2.75, 3.05) is 5.32 Å². The molecule has 0 radical (unpaired) electrons. The minimum absolute atomic E-state index is 0.0166. The molecule has 0 saturated heterocycles. The predicted molar refractivity (Wildman–Crippen MR) is 79.4 cm³/mol. The van der Waals surface area contributed by atoms with Crippen LogP contribution >= 0.6 is 0 Å². The molecule has 3 N–H and O–H groups in total. The number of rotatable bonds is 3. The first kappa shape index (κ1) is 12.9. The van der Waals surface area contributed by atoms with E-state index in [0.717, 1.165) is 24.9 Å². The Hall–Kier alpha value is -2.07. The maximum atomic E-state index is 12.0. The second-order valence-electron chi connectivity index (χ2n) is 5.32. The summed E-state index contributed by atoms with van der Waals surface area (Å²) >= 11 is 0. The number of aryl methyl sites for hydroxylation is 1. The van der Waals surface area contributed by atoms with E-state index in [1.807, 2.05) is 41.1 Å². The number of carbonyl (C=O) groups excluding carboxylic acids is 1. The van der Waals surface area contributed by atoms with Crippen LogP contribution in [0.2, 0.25) is 0 Å². The first-order chi connectivity index (χ1) is 9.72. The molecule has 0 spiro atoms. The van der Waals surface area contributed by atoms with E-state index in [1.54, 1.807) is 0 Å². The number of nitrogens with one attached hydrogen (secondary N) is 1. The van der Waals surface area contributed by atoms with Crippen molar-refractivity contribution in [2.45, 2.75) is 31.8 Å². The Morgan fingerprint density at radius 2 is 2.10 bits per heavy atom. The summed E-state index contributed by atoms with van der Waals surface area (Å²) in [6.07, 6.45) is 7.31. The van der Waals surface area contributed by atoms with Gasteiger partial charge in [0.05, 0.1) is 0 Å². The second-order valence-corrected chi connectivity index (χ2v) is 5.32. The summed E-state index contributed by atoms with van der Waals surface area (Å²) < 4.78 is 1.94. The third kappa shape index (κ3) is 2.75. The van der Waals surface area contributed by atoms with Crippen molar-refractivity contribution in [1.29, 1.82) is 0 Å². The number of hydrogen-bond acceptors (Lipinski definition) is 2. The van der Waals surface area contributed by atoms with E-state index >= 15 is 0 Å². The number of benzene rings is 1. The van der Waals surface area contributed by atoms with Gasteiger partial charge in [0.2, 0.25) is 5.91 Å². The molecule has 1 amide bonds. The first-order valence-electron chi connectivity index (χ1n) is 7.01. The molecule has 0 aliphatic heterocycles. The Bertz CT molecular complexity index is 603. The average Bonchev–Trinajstić information content (AvgIpc) is 2.83.